The second kappa shape index (κ2) is 11.6. The van der Waals surface area contributed by atoms with Crippen LogP contribution in [0.1, 0.15) is 49.0 Å². The second-order valence-corrected chi connectivity index (χ2v) is 9.86. The van der Waals surface area contributed by atoms with E-state index in [1.54, 1.807) is 54.4 Å². The van der Waals surface area contributed by atoms with Gasteiger partial charge in [-0.15, -0.1) is 0 Å². The maximum absolute atomic E-state index is 13.6. The summed E-state index contributed by atoms with van der Waals surface area (Å²) in [5.74, 6) is 0.627. The van der Waals surface area contributed by atoms with Gasteiger partial charge in [-0.3, -0.25) is 4.79 Å². The average Bonchev–Trinajstić information content (AvgIpc) is 3.45. The summed E-state index contributed by atoms with van der Waals surface area (Å²) in [5.41, 5.74) is 3.14. The zero-order valence-electron chi connectivity index (χ0n) is 21.9. The lowest BCUT2D eigenvalue weighted by atomic mass is 9.99. The van der Waals surface area contributed by atoms with Crippen molar-refractivity contribution in [3.63, 3.8) is 0 Å². The van der Waals surface area contributed by atoms with E-state index in [1.807, 2.05) is 19.9 Å². The predicted octanol–water partition coefficient (Wildman–Crippen LogP) is 4.04. The average molecular weight is 509 g/mol. The summed E-state index contributed by atoms with van der Waals surface area (Å²) in [6, 6.07) is 8.31. The van der Waals surface area contributed by atoms with E-state index in [9.17, 15) is 14.7 Å². The Kier molecular flexibility index (Phi) is 8.33. The smallest absolute Gasteiger partial charge is 0.321 e. The molecule has 2 aromatic rings. The lowest BCUT2D eigenvalue weighted by Gasteiger charge is -2.37. The van der Waals surface area contributed by atoms with Crippen molar-refractivity contribution in [2.24, 2.45) is 5.92 Å². The molecule has 1 aliphatic carbocycles. The van der Waals surface area contributed by atoms with Gasteiger partial charge < -0.3 is 29.7 Å². The van der Waals surface area contributed by atoms with E-state index < -0.39 is 6.10 Å². The highest BCUT2D eigenvalue weighted by Gasteiger charge is 2.35. The monoisotopic (exact) mass is 508 g/mol. The van der Waals surface area contributed by atoms with Crippen molar-refractivity contribution < 1.29 is 24.2 Å². The minimum atomic E-state index is -0.420. The molecule has 0 saturated heterocycles. The third-order valence-corrected chi connectivity index (χ3v) is 7.07. The largest absolute Gasteiger partial charge is 0.497 e. The van der Waals surface area contributed by atoms with E-state index in [-0.39, 0.29) is 42.9 Å². The Bertz CT molecular complexity index is 1150. The number of methoxy groups -OCH3 is 1. The number of carbonyl (C=O) groups is 2. The highest BCUT2D eigenvalue weighted by molar-refractivity contribution is 5.97. The highest BCUT2D eigenvalue weighted by atomic mass is 16.5. The van der Waals surface area contributed by atoms with E-state index in [0.717, 1.165) is 24.8 Å². The number of hydrogen-bond acceptors (Lipinski definition) is 6. The minimum absolute atomic E-state index is 0.124. The first kappa shape index (κ1) is 26.5. The van der Waals surface area contributed by atoms with Crippen molar-refractivity contribution in [1.82, 2.24) is 14.8 Å². The number of aliphatic hydroxyl groups excluding tert-OH is 1. The number of fused-ring (bicyclic) bond motifs is 1. The van der Waals surface area contributed by atoms with Crippen molar-refractivity contribution in [3.8, 4) is 11.6 Å². The molecule has 37 heavy (non-hydrogen) atoms. The number of amides is 3. The molecule has 0 spiro atoms. The van der Waals surface area contributed by atoms with Crippen molar-refractivity contribution in [2.45, 2.75) is 45.3 Å². The number of urea groups is 1. The van der Waals surface area contributed by atoms with Crippen LogP contribution in [-0.4, -0.2) is 77.8 Å². The van der Waals surface area contributed by atoms with Crippen molar-refractivity contribution in [1.29, 1.82) is 0 Å². The first-order valence-electron chi connectivity index (χ1n) is 12.7. The molecule has 0 fully saturated rings. The van der Waals surface area contributed by atoms with Crippen molar-refractivity contribution in [2.75, 3.05) is 39.2 Å². The van der Waals surface area contributed by atoms with E-state index in [4.69, 9.17) is 9.47 Å². The lowest BCUT2D eigenvalue weighted by Crippen LogP contribution is -2.50. The van der Waals surface area contributed by atoms with Crippen LogP contribution in [0.5, 0.6) is 11.6 Å². The molecular formula is C28H36N4O5. The number of allylic oxidation sites excluding steroid dienone is 2. The summed E-state index contributed by atoms with van der Waals surface area (Å²) in [4.78, 5) is 34.3. The van der Waals surface area contributed by atoms with Crippen molar-refractivity contribution >= 4 is 23.2 Å². The summed E-state index contributed by atoms with van der Waals surface area (Å²) < 4.78 is 11.5. The maximum Gasteiger partial charge on any atom is 0.321 e. The van der Waals surface area contributed by atoms with Gasteiger partial charge in [0.15, 0.2) is 0 Å². The van der Waals surface area contributed by atoms with E-state index >= 15 is 0 Å². The van der Waals surface area contributed by atoms with Crippen molar-refractivity contribution in [3.05, 3.63) is 53.7 Å². The number of aliphatic hydroxyl groups is 1. The van der Waals surface area contributed by atoms with Gasteiger partial charge in [-0.1, -0.05) is 13.0 Å². The number of aromatic nitrogens is 1. The topological polar surface area (TPSA) is 104 Å². The molecule has 0 unspecified atom stereocenters. The van der Waals surface area contributed by atoms with Crippen LogP contribution in [0.3, 0.4) is 0 Å². The molecule has 198 valence electrons. The number of benzene rings is 1. The number of nitrogens with zero attached hydrogens (tertiary/aromatic N) is 3. The van der Waals surface area contributed by atoms with Gasteiger partial charge in [-0.05, 0) is 67.7 Å². The third kappa shape index (κ3) is 6.05. The standard InChI is InChI=1S/C28H36N4O5/c1-18-15-32(19(2)17-33)27(34)24-13-21(20-7-5-6-8-20)14-29-26(24)37-25(18)16-31(3)28(35)30-22-9-11-23(36-4)12-10-22/h7,9-14,18-19,25,33H,5-6,8,15-17H2,1-4H3,(H,30,35)/t18-,19+,25+/m0/s1. The second-order valence-electron chi connectivity index (χ2n) is 9.86. The van der Waals surface area contributed by atoms with Crippen LogP contribution in [-0.2, 0) is 0 Å². The molecule has 1 aromatic carbocycles. The van der Waals surface area contributed by atoms with Crippen LogP contribution in [0.4, 0.5) is 10.5 Å². The molecule has 4 rings (SSSR count). The predicted molar refractivity (Wildman–Crippen MR) is 142 cm³/mol. The molecule has 2 N–H and O–H groups in total. The summed E-state index contributed by atoms with van der Waals surface area (Å²) in [6.07, 6.45) is 6.60. The Morgan fingerprint density at radius 2 is 2.11 bits per heavy atom. The van der Waals surface area contributed by atoms with Gasteiger partial charge in [-0.2, -0.15) is 0 Å². The lowest BCUT2D eigenvalue weighted by molar-refractivity contribution is 0.0356. The summed E-state index contributed by atoms with van der Waals surface area (Å²) >= 11 is 0. The van der Waals surface area contributed by atoms with Crippen LogP contribution in [0.15, 0.2) is 42.6 Å². The van der Waals surface area contributed by atoms with Gasteiger partial charge in [0.2, 0.25) is 5.88 Å². The molecule has 3 atom stereocenters. The first-order valence-corrected chi connectivity index (χ1v) is 12.7. The number of carbonyl (C=O) groups excluding carboxylic acids is 2. The molecule has 2 aliphatic rings. The van der Waals surface area contributed by atoms with Crippen LogP contribution < -0.4 is 14.8 Å². The number of pyridine rings is 1. The number of hydrogen-bond donors (Lipinski definition) is 2. The van der Waals surface area contributed by atoms with Gasteiger partial charge in [-0.25, -0.2) is 9.78 Å². The number of likely N-dealkylation sites (N-methyl/N-ethyl adjacent to an activating group) is 1. The Morgan fingerprint density at radius 3 is 2.76 bits per heavy atom. The van der Waals surface area contributed by atoms with Gasteiger partial charge in [0.25, 0.3) is 5.91 Å². The molecule has 0 saturated carbocycles. The first-order chi connectivity index (χ1) is 17.8. The maximum atomic E-state index is 13.6. The van der Waals surface area contributed by atoms with Gasteiger partial charge in [0.05, 0.1) is 26.3 Å². The Labute approximate surface area is 218 Å². The Hall–Kier alpha value is -3.59. The van der Waals surface area contributed by atoms with E-state index in [2.05, 4.69) is 16.4 Å². The molecule has 0 radical (unpaired) electrons. The number of nitrogens with one attached hydrogen (secondary N) is 1. The molecular weight excluding hydrogens is 472 g/mol. The fourth-order valence-electron chi connectivity index (χ4n) is 4.67. The summed E-state index contributed by atoms with van der Waals surface area (Å²) in [7, 11) is 3.30. The van der Waals surface area contributed by atoms with Gasteiger partial charge in [0.1, 0.15) is 17.4 Å². The molecule has 2 heterocycles. The molecule has 0 bridgehead atoms. The van der Waals surface area contributed by atoms with Gasteiger partial charge >= 0.3 is 6.03 Å². The highest BCUT2D eigenvalue weighted by Crippen LogP contribution is 2.32. The van der Waals surface area contributed by atoms with Crippen LogP contribution in [0.2, 0.25) is 0 Å². The van der Waals surface area contributed by atoms with E-state index in [1.165, 1.54) is 5.57 Å². The SMILES string of the molecule is COc1ccc(NC(=O)N(C)C[C@H]2Oc3ncc(C4=CCCC4)cc3C(=O)N([C@H](C)CO)C[C@@H]2C)cc1. The molecule has 3 amide bonds. The normalized spacial score (nSPS) is 20.2. The zero-order chi connectivity index (χ0) is 26.5. The van der Waals surface area contributed by atoms with Crippen LogP contribution in [0, 0.1) is 5.92 Å². The summed E-state index contributed by atoms with van der Waals surface area (Å²) in [6.45, 7) is 4.32. The zero-order valence-corrected chi connectivity index (χ0v) is 21.9. The molecule has 1 aliphatic heterocycles. The quantitative estimate of drug-likeness (QED) is 0.585. The fourth-order valence-corrected chi connectivity index (χ4v) is 4.67. The van der Waals surface area contributed by atoms with Crippen LogP contribution >= 0.6 is 0 Å². The van der Waals surface area contributed by atoms with Crippen LogP contribution in [0.25, 0.3) is 5.57 Å². The minimum Gasteiger partial charge on any atom is -0.497 e. The fraction of sp³-hybridized carbons (Fsp3) is 0.464. The third-order valence-electron chi connectivity index (χ3n) is 7.07. The number of rotatable bonds is 7. The Morgan fingerprint density at radius 1 is 1.35 bits per heavy atom. The van der Waals surface area contributed by atoms with Gasteiger partial charge in [0, 0.05) is 31.4 Å². The molecule has 9 nitrogen and oxygen atoms in total. The number of ether oxygens (including phenoxy) is 2. The molecule has 9 heteroatoms. The molecule has 1 aromatic heterocycles. The summed E-state index contributed by atoms with van der Waals surface area (Å²) in [5, 5.41) is 12.7. The number of anilines is 1. The Balaban J connectivity index is 1.57. The van der Waals surface area contributed by atoms with E-state index in [0.29, 0.717) is 23.5 Å².